The van der Waals surface area contributed by atoms with Crippen LogP contribution in [-0.2, 0) is 5.41 Å². The van der Waals surface area contributed by atoms with E-state index in [1.54, 1.807) is 12.1 Å². The van der Waals surface area contributed by atoms with E-state index in [2.05, 4.69) is 25.5 Å². The molecule has 1 aromatic rings. The van der Waals surface area contributed by atoms with E-state index in [0.717, 1.165) is 24.0 Å². The highest BCUT2D eigenvalue weighted by Crippen LogP contribution is 2.47. The second-order valence-corrected chi connectivity index (χ2v) is 6.18. The minimum Gasteiger partial charge on any atom is -0.433 e. The summed E-state index contributed by atoms with van der Waals surface area (Å²) in [7, 11) is 0. The second kappa shape index (κ2) is 4.69. The van der Waals surface area contributed by atoms with Crippen LogP contribution in [0.1, 0.15) is 50.7 Å². The zero-order valence-electron chi connectivity index (χ0n) is 10.8. The lowest BCUT2D eigenvalue weighted by Crippen LogP contribution is -2.15. The van der Waals surface area contributed by atoms with Crippen LogP contribution in [0, 0.1) is 0 Å². The molecule has 1 aliphatic carbocycles. The summed E-state index contributed by atoms with van der Waals surface area (Å²) in [5, 5.41) is 0.254. The predicted octanol–water partition coefficient (Wildman–Crippen LogP) is 5.12. The number of rotatable bonds is 3. The van der Waals surface area contributed by atoms with Gasteiger partial charge in [0.25, 0.3) is 0 Å². The van der Waals surface area contributed by atoms with Crippen LogP contribution in [-0.4, -0.2) is 6.61 Å². The van der Waals surface area contributed by atoms with Gasteiger partial charge in [-0.3, -0.25) is 0 Å². The van der Waals surface area contributed by atoms with Gasteiger partial charge in [-0.25, -0.2) is 0 Å². The van der Waals surface area contributed by atoms with Gasteiger partial charge in [0.1, 0.15) is 5.75 Å². The summed E-state index contributed by atoms with van der Waals surface area (Å²) in [5.41, 5.74) is 2.17. The third kappa shape index (κ3) is 2.94. The Morgan fingerprint density at radius 3 is 2.33 bits per heavy atom. The minimum absolute atomic E-state index is 0.0507. The Kier molecular flexibility index (Phi) is 3.54. The fraction of sp³-hybridized carbons (Fsp3) is 0.571. The topological polar surface area (TPSA) is 9.23 Å². The van der Waals surface area contributed by atoms with Gasteiger partial charge in [-0.2, -0.15) is 8.78 Å². The van der Waals surface area contributed by atoms with Crippen molar-refractivity contribution < 1.29 is 13.5 Å². The van der Waals surface area contributed by atoms with Crippen molar-refractivity contribution >= 4 is 11.6 Å². The highest BCUT2D eigenvalue weighted by molar-refractivity contribution is 6.32. The molecule has 2 rings (SSSR count). The fourth-order valence-electron chi connectivity index (χ4n) is 2.14. The van der Waals surface area contributed by atoms with Crippen LogP contribution < -0.4 is 4.74 Å². The molecular formula is C14H17ClF2O. The van der Waals surface area contributed by atoms with E-state index in [-0.39, 0.29) is 16.2 Å². The zero-order chi connectivity index (χ0) is 13.5. The first-order valence-electron chi connectivity index (χ1n) is 6.08. The molecule has 1 aromatic carbocycles. The maximum Gasteiger partial charge on any atom is 0.387 e. The molecule has 0 atom stereocenters. The molecule has 18 heavy (non-hydrogen) atoms. The number of benzene rings is 1. The number of hydrogen-bond acceptors (Lipinski definition) is 1. The molecule has 0 aliphatic heterocycles. The van der Waals surface area contributed by atoms with Gasteiger partial charge in [-0.15, -0.1) is 0 Å². The van der Waals surface area contributed by atoms with Crippen LogP contribution in [0.25, 0.3) is 0 Å². The first-order chi connectivity index (χ1) is 8.29. The summed E-state index contributed by atoms with van der Waals surface area (Å²) < 4.78 is 29.1. The number of hydrogen-bond donors (Lipinski definition) is 0. The van der Waals surface area contributed by atoms with Gasteiger partial charge in [-0.1, -0.05) is 32.4 Å². The van der Waals surface area contributed by atoms with Crippen molar-refractivity contribution in [3.8, 4) is 5.75 Å². The summed E-state index contributed by atoms with van der Waals surface area (Å²) in [6, 6.07) is 3.46. The van der Waals surface area contributed by atoms with Crippen molar-refractivity contribution in [3.63, 3.8) is 0 Å². The van der Waals surface area contributed by atoms with Crippen molar-refractivity contribution in [2.45, 2.75) is 51.6 Å². The Morgan fingerprint density at radius 2 is 1.89 bits per heavy atom. The fourth-order valence-corrected chi connectivity index (χ4v) is 2.35. The van der Waals surface area contributed by atoms with Crippen molar-refractivity contribution in [3.05, 3.63) is 28.3 Å². The van der Waals surface area contributed by atoms with E-state index in [9.17, 15) is 8.78 Å². The molecule has 0 aromatic heterocycles. The Hall–Kier alpha value is -0.830. The molecule has 0 spiro atoms. The largest absolute Gasteiger partial charge is 0.433 e. The van der Waals surface area contributed by atoms with Crippen molar-refractivity contribution in [2.24, 2.45) is 0 Å². The van der Waals surface area contributed by atoms with Crippen LogP contribution in [0.3, 0.4) is 0 Å². The molecule has 0 N–H and O–H groups in total. The Morgan fingerprint density at radius 1 is 1.28 bits per heavy atom. The monoisotopic (exact) mass is 274 g/mol. The van der Waals surface area contributed by atoms with Gasteiger partial charge in [0.2, 0.25) is 0 Å². The van der Waals surface area contributed by atoms with Crippen molar-refractivity contribution in [1.29, 1.82) is 0 Å². The number of halogens is 3. The first kappa shape index (κ1) is 13.6. The predicted molar refractivity (Wildman–Crippen MR) is 68.8 cm³/mol. The third-order valence-electron chi connectivity index (χ3n) is 3.15. The molecule has 1 fully saturated rings. The smallest absolute Gasteiger partial charge is 0.387 e. The SMILES string of the molecule is CC(C)(C)c1cc(Cl)c(OC(F)F)cc1C1CC1. The average molecular weight is 275 g/mol. The standard InChI is InChI=1S/C14H17ClF2O/c1-14(2,3)10-7-11(15)12(18-13(16)17)6-9(10)8-4-5-8/h6-8,13H,4-5H2,1-3H3. The Labute approximate surface area is 111 Å². The lowest BCUT2D eigenvalue weighted by atomic mass is 9.82. The highest BCUT2D eigenvalue weighted by atomic mass is 35.5. The lowest BCUT2D eigenvalue weighted by molar-refractivity contribution is -0.0498. The summed E-state index contributed by atoms with van der Waals surface area (Å²) in [6.45, 7) is 3.45. The molecule has 4 heteroatoms. The van der Waals surface area contributed by atoms with E-state index in [4.69, 9.17) is 11.6 Å². The molecular weight excluding hydrogens is 258 g/mol. The van der Waals surface area contributed by atoms with Gasteiger partial charge in [0.15, 0.2) is 0 Å². The van der Waals surface area contributed by atoms with E-state index < -0.39 is 6.61 Å². The maximum atomic E-state index is 12.3. The second-order valence-electron chi connectivity index (χ2n) is 5.77. The highest BCUT2D eigenvalue weighted by Gasteiger charge is 2.31. The summed E-state index contributed by atoms with van der Waals surface area (Å²) in [4.78, 5) is 0. The van der Waals surface area contributed by atoms with E-state index >= 15 is 0 Å². The van der Waals surface area contributed by atoms with Gasteiger partial charge in [0.05, 0.1) is 5.02 Å². The van der Waals surface area contributed by atoms with Crippen LogP contribution >= 0.6 is 11.6 Å². The van der Waals surface area contributed by atoms with Gasteiger partial charge >= 0.3 is 6.61 Å². The van der Waals surface area contributed by atoms with Crippen LogP contribution in [0.4, 0.5) is 8.78 Å². The van der Waals surface area contributed by atoms with Gasteiger partial charge in [0, 0.05) is 0 Å². The normalized spacial score (nSPS) is 16.2. The molecule has 0 unspecified atom stereocenters. The molecule has 1 nitrogen and oxygen atoms in total. The molecule has 100 valence electrons. The van der Waals surface area contributed by atoms with Crippen LogP contribution in [0.2, 0.25) is 5.02 Å². The van der Waals surface area contributed by atoms with Gasteiger partial charge < -0.3 is 4.74 Å². The van der Waals surface area contributed by atoms with Crippen LogP contribution in [0.15, 0.2) is 12.1 Å². The number of ether oxygens (including phenoxy) is 1. The minimum atomic E-state index is -2.84. The van der Waals surface area contributed by atoms with Gasteiger partial charge in [-0.05, 0) is 47.4 Å². The molecule has 0 saturated heterocycles. The average Bonchev–Trinajstić information content (AvgIpc) is 3.01. The molecule has 1 saturated carbocycles. The Bertz CT molecular complexity index is 448. The Balaban J connectivity index is 2.45. The first-order valence-corrected chi connectivity index (χ1v) is 6.45. The molecule has 1 aliphatic rings. The third-order valence-corrected chi connectivity index (χ3v) is 3.44. The summed E-state index contributed by atoms with van der Waals surface area (Å²) in [5.74, 6) is 0.554. The molecule has 0 amide bonds. The summed E-state index contributed by atoms with van der Waals surface area (Å²) in [6.07, 6.45) is 2.22. The lowest BCUT2D eigenvalue weighted by Gasteiger charge is -2.24. The summed E-state index contributed by atoms with van der Waals surface area (Å²) >= 11 is 6.02. The quantitative estimate of drug-likeness (QED) is 0.744. The maximum absolute atomic E-state index is 12.3. The van der Waals surface area contributed by atoms with E-state index in [1.807, 2.05) is 0 Å². The van der Waals surface area contributed by atoms with Crippen LogP contribution in [0.5, 0.6) is 5.75 Å². The zero-order valence-corrected chi connectivity index (χ0v) is 11.5. The number of alkyl halides is 2. The molecule has 0 radical (unpaired) electrons. The van der Waals surface area contributed by atoms with Crippen molar-refractivity contribution in [2.75, 3.05) is 0 Å². The van der Waals surface area contributed by atoms with E-state index in [1.165, 1.54) is 0 Å². The van der Waals surface area contributed by atoms with Crippen molar-refractivity contribution in [1.82, 2.24) is 0 Å². The molecule has 0 bridgehead atoms. The van der Waals surface area contributed by atoms with E-state index in [0.29, 0.717) is 5.92 Å². The molecule has 0 heterocycles.